The van der Waals surface area contributed by atoms with Crippen molar-refractivity contribution in [3.8, 4) is 5.75 Å². The van der Waals surface area contributed by atoms with Crippen molar-refractivity contribution in [1.82, 2.24) is 0 Å². The third-order valence-corrected chi connectivity index (χ3v) is 4.03. The summed E-state index contributed by atoms with van der Waals surface area (Å²) in [5, 5.41) is 0. The van der Waals surface area contributed by atoms with E-state index >= 15 is 0 Å². The molecule has 0 bridgehead atoms. The molecule has 7 heteroatoms. The average Bonchev–Trinajstić information content (AvgIpc) is 2.30. The van der Waals surface area contributed by atoms with Crippen LogP contribution in [0.5, 0.6) is 5.75 Å². The molecule has 0 aliphatic rings. The summed E-state index contributed by atoms with van der Waals surface area (Å²) < 4.78 is 52.2. The molecule has 19 heavy (non-hydrogen) atoms. The Morgan fingerprint density at radius 3 is 2.53 bits per heavy atom. The van der Waals surface area contributed by atoms with E-state index in [-0.39, 0.29) is 17.1 Å². The van der Waals surface area contributed by atoms with Crippen molar-refractivity contribution in [3.63, 3.8) is 0 Å². The van der Waals surface area contributed by atoms with E-state index in [2.05, 4.69) is 4.74 Å². The number of halogens is 2. The van der Waals surface area contributed by atoms with Crippen molar-refractivity contribution < 1.29 is 26.7 Å². The molecule has 0 amide bonds. The summed E-state index contributed by atoms with van der Waals surface area (Å²) in [5.74, 6) is -1.77. The Morgan fingerprint density at radius 1 is 1.32 bits per heavy atom. The zero-order valence-electron chi connectivity index (χ0n) is 10.2. The topological polar surface area (TPSA) is 60.4 Å². The SMILES string of the molecule is C[C@H]([C+]=O)CS(=O)(=O)Cc1ccccc1OC(F)F. The monoisotopic (exact) mass is 291 g/mol. The lowest BCUT2D eigenvalue weighted by atomic mass is 10.2. The predicted octanol–water partition coefficient (Wildman–Crippen LogP) is 1.95. The normalized spacial score (nSPS) is 13.1. The largest absolute Gasteiger partial charge is 0.510 e. The zero-order valence-corrected chi connectivity index (χ0v) is 11.0. The molecule has 0 aliphatic heterocycles. The van der Waals surface area contributed by atoms with E-state index < -0.39 is 28.1 Å². The van der Waals surface area contributed by atoms with Crippen molar-refractivity contribution in [2.75, 3.05) is 5.75 Å². The first-order valence-corrected chi connectivity index (χ1v) is 7.27. The van der Waals surface area contributed by atoms with Crippen LogP contribution < -0.4 is 4.74 Å². The van der Waals surface area contributed by atoms with Crippen LogP contribution in [0.15, 0.2) is 24.3 Å². The van der Waals surface area contributed by atoms with E-state index in [0.29, 0.717) is 0 Å². The number of sulfone groups is 1. The van der Waals surface area contributed by atoms with Gasteiger partial charge in [-0.25, -0.2) is 8.42 Å². The van der Waals surface area contributed by atoms with Crippen LogP contribution in [0.25, 0.3) is 0 Å². The molecule has 4 nitrogen and oxygen atoms in total. The number of hydrogen-bond acceptors (Lipinski definition) is 4. The Morgan fingerprint density at radius 2 is 1.95 bits per heavy atom. The quantitative estimate of drug-likeness (QED) is 0.720. The van der Waals surface area contributed by atoms with Gasteiger partial charge in [-0.05, 0) is 13.0 Å². The summed E-state index contributed by atoms with van der Waals surface area (Å²) in [4.78, 5) is 10.3. The average molecular weight is 291 g/mol. The maximum absolute atomic E-state index is 12.2. The van der Waals surface area contributed by atoms with Crippen molar-refractivity contribution in [3.05, 3.63) is 29.8 Å². The van der Waals surface area contributed by atoms with Crippen LogP contribution >= 0.6 is 0 Å². The molecule has 0 aromatic heterocycles. The molecule has 0 fully saturated rings. The lowest BCUT2D eigenvalue weighted by Crippen LogP contribution is -2.17. The van der Waals surface area contributed by atoms with E-state index in [0.717, 1.165) is 0 Å². The fraction of sp³-hybridized carbons (Fsp3) is 0.417. The first-order chi connectivity index (χ1) is 8.84. The van der Waals surface area contributed by atoms with Crippen LogP contribution in [0.4, 0.5) is 8.78 Å². The summed E-state index contributed by atoms with van der Waals surface area (Å²) in [6.45, 7) is -1.60. The zero-order chi connectivity index (χ0) is 14.5. The second-order valence-electron chi connectivity index (χ2n) is 4.06. The molecule has 0 aliphatic carbocycles. The summed E-state index contributed by atoms with van der Waals surface area (Å²) in [5.41, 5.74) is 0.140. The van der Waals surface area contributed by atoms with Gasteiger partial charge in [-0.15, -0.1) is 0 Å². The number of benzene rings is 1. The summed E-state index contributed by atoms with van der Waals surface area (Å²) in [6, 6.07) is 5.66. The second kappa shape index (κ2) is 6.54. The minimum atomic E-state index is -3.59. The maximum Gasteiger partial charge on any atom is 0.510 e. The fourth-order valence-corrected chi connectivity index (χ4v) is 3.20. The highest BCUT2D eigenvalue weighted by Gasteiger charge is 2.25. The minimum Gasteiger partial charge on any atom is -0.435 e. The van der Waals surface area contributed by atoms with Gasteiger partial charge in [0.2, 0.25) is 5.92 Å². The highest BCUT2D eigenvalue weighted by atomic mass is 32.2. The molecule has 0 saturated carbocycles. The first-order valence-electron chi connectivity index (χ1n) is 5.45. The van der Waals surface area contributed by atoms with Crippen molar-refractivity contribution >= 4 is 16.1 Å². The molecule has 1 atom stereocenters. The van der Waals surface area contributed by atoms with Gasteiger partial charge in [0, 0.05) is 10.4 Å². The fourth-order valence-electron chi connectivity index (χ4n) is 1.54. The van der Waals surface area contributed by atoms with E-state index in [1.165, 1.54) is 31.2 Å². The van der Waals surface area contributed by atoms with Crippen LogP contribution in [0.2, 0.25) is 0 Å². The van der Waals surface area contributed by atoms with Gasteiger partial charge >= 0.3 is 12.9 Å². The first kappa shape index (κ1) is 15.5. The van der Waals surface area contributed by atoms with Gasteiger partial charge < -0.3 is 4.74 Å². The van der Waals surface area contributed by atoms with Crippen LogP contribution in [-0.2, 0) is 20.4 Å². The summed E-state index contributed by atoms with van der Waals surface area (Å²) in [6.07, 6.45) is 1.57. The van der Waals surface area contributed by atoms with E-state index in [4.69, 9.17) is 0 Å². The van der Waals surface area contributed by atoms with Gasteiger partial charge in [0.15, 0.2) is 9.84 Å². The van der Waals surface area contributed by atoms with Gasteiger partial charge in [0.1, 0.15) is 11.5 Å². The number of ether oxygens (including phenoxy) is 1. The molecule has 0 spiro atoms. The highest BCUT2D eigenvalue weighted by molar-refractivity contribution is 7.90. The number of carbonyl (C=O) groups excluding carboxylic acids is 1. The molecule has 1 aromatic carbocycles. The van der Waals surface area contributed by atoms with Gasteiger partial charge in [0.25, 0.3) is 0 Å². The smallest absolute Gasteiger partial charge is 0.435 e. The van der Waals surface area contributed by atoms with Crippen LogP contribution in [0.1, 0.15) is 12.5 Å². The number of hydrogen-bond donors (Lipinski definition) is 0. The second-order valence-corrected chi connectivity index (χ2v) is 6.17. The molecule has 0 radical (unpaired) electrons. The lowest BCUT2D eigenvalue weighted by Gasteiger charge is -2.10. The van der Waals surface area contributed by atoms with Crippen LogP contribution in [-0.4, -0.2) is 27.1 Å². The number of alkyl halides is 2. The van der Waals surface area contributed by atoms with E-state index in [1.807, 2.05) is 0 Å². The third kappa shape index (κ3) is 5.28. The standard InChI is InChI=1S/C12H13F2O4S/c1-9(6-15)7-19(16,17)8-10-4-2-3-5-11(10)18-12(13)14/h2-5,9,12H,7-8H2,1H3/q+1/t9-/m1/s1. The Hall–Kier alpha value is -1.59. The van der Waals surface area contributed by atoms with Gasteiger partial charge in [0.05, 0.1) is 5.75 Å². The molecule has 1 rings (SSSR count). The Labute approximate surface area is 110 Å². The Kier molecular flexibility index (Phi) is 5.32. The summed E-state index contributed by atoms with van der Waals surface area (Å²) >= 11 is 0. The highest BCUT2D eigenvalue weighted by Crippen LogP contribution is 2.23. The van der Waals surface area contributed by atoms with E-state index in [1.54, 1.807) is 6.29 Å². The lowest BCUT2D eigenvalue weighted by molar-refractivity contribution is -0.0503. The number of rotatable bonds is 7. The molecule has 0 N–H and O–H groups in total. The molecule has 104 valence electrons. The van der Waals surface area contributed by atoms with Crippen LogP contribution in [0, 0.1) is 5.92 Å². The van der Waals surface area contributed by atoms with Crippen LogP contribution in [0.3, 0.4) is 0 Å². The Balaban J connectivity index is 2.89. The molecular weight excluding hydrogens is 278 g/mol. The van der Waals surface area contributed by atoms with Gasteiger partial charge in [-0.2, -0.15) is 8.78 Å². The van der Waals surface area contributed by atoms with Crippen molar-refractivity contribution in [2.45, 2.75) is 19.3 Å². The molecular formula is C12H13F2O4S+. The Bertz CT molecular complexity index is 528. The third-order valence-electron chi connectivity index (χ3n) is 2.27. The van der Waals surface area contributed by atoms with Gasteiger partial charge in [-0.3, -0.25) is 0 Å². The van der Waals surface area contributed by atoms with Crippen molar-refractivity contribution in [2.24, 2.45) is 5.92 Å². The molecule has 0 unspecified atom stereocenters. The maximum atomic E-state index is 12.2. The predicted molar refractivity (Wildman–Crippen MR) is 65.4 cm³/mol. The van der Waals surface area contributed by atoms with Crippen molar-refractivity contribution in [1.29, 1.82) is 0 Å². The molecule has 0 heterocycles. The number of para-hydroxylation sites is 1. The summed E-state index contributed by atoms with van der Waals surface area (Å²) in [7, 11) is -3.59. The van der Waals surface area contributed by atoms with Gasteiger partial charge in [-0.1, -0.05) is 18.2 Å². The van der Waals surface area contributed by atoms with E-state index in [9.17, 15) is 22.0 Å². The molecule has 1 aromatic rings. The molecule has 0 saturated heterocycles. The minimum absolute atomic E-state index is 0.140.